The van der Waals surface area contributed by atoms with Crippen molar-refractivity contribution in [2.24, 2.45) is 22.8 Å². The van der Waals surface area contributed by atoms with Gasteiger partial charge in [0.05, 0.1) is 11.7 Å². The van der Waals surface area contributed by atoms with Crippen molar-refractivity contribution < 1.29 is 15.9 Å². The molecule has 1 aliphatic rings. The van der Waals surface area contributed by atoms with Crippen LogP contribution in [0.2, 0.25) is 0 Å². The monoisotopic (exact) mass is 884 g/mol. The van der Waals surface area contributed by atoms with Crippen LogP contribution in [0.25, 0.3) is 27.6 Å². The van der Waals surface area contributed by atoms with Crippen molar-refractivity contribution >= 4 is 21.9 Å². The Morgan fingerprint density at radius 2 is 1.76 bits per heavy atom. The van der Waals surface area contributed by atoms with Gasteiger partial charge in [-0.3, -0.25) is 4.90 Å². The number of likely N-dealkylation sites (N-methyl/N-ethyl adjacent to an activating group) is 1. The van der Waals surface area contributed by atoms with Crippen LogP contribution in [0.3, 0.4) is 0 Å². The van der Waals surface area contributed by atoms with E-state index < -0.39 is 0 Å². The second-order valence-corrected chi connectivity index (χ2v) is 17.5. The molecule has 0 saturated heterocycles. The minimum atomic E-state index is -0.113. The molecule has 1 aliphatic heterocycles. The predicted octanol–water partition coefficient (Wildman–Crippen LogP) is 9.30. The van der Waals surface area contributed by atoms with Crippen molar-refractivity contribution in [3.05, 3.63) is 134 Å². The van der Waals surface area contributed by atoms with Crippen molar-refractivity contribution in [3.8, 4) is 11.1 Å². The van der Waals surface area contributed by atoms with Gasteiger partial charge in [0.1, 0.15) is 0 Å². The van der Waals surface area contributed by atoms with E-state index in [0.29, 0.717) is 12.5 Å². The van der Waals surface area contributed by atoms with E-state index in [9.17, 15) is 0 Å². The van der Waals surface area contributed by atoms with Gasteiger partial charge in [0.25, 0.3) is 0 Å². The van der Waals surface area contributed by atoms with Crippen molar-refractivity contribution in [2.75, 3.05) is 53.4 Å². The summed E-state index contributed by atoms with van der Waals surface area (Å²) in [6.07, 6.45) is 13.4. The summed E-state index contributed by atoms with van der Waals surface area (Å²) < 4.78 is 2.51. The number of nitrogens with two attached hydrogens (primary N) is 2. The molecule has 62 heavy (non-hydrogen) atoms. The summed E-state index contributed by atoms with van der Waals surface area (Å²) >= 11 is 2.38. The number of benzene rings is 2. The molecule has 342 valence electrons. The number of fused-ring (bicyclic) bond motifs is 1. The third kappa shape index (κ3) is 15.7. The summed E-state index contributed by atoms with van der Waals surface area (Å²) in [5, 5.41) is 14.9. The van der Waals surface area contributed by atoms with Gasteiger partial charge in [0, 0.05) is 72.3 Å². The Kier molecular flexibility index (Phi) is 23.9. The number of aromatic nitrogens is 1. The normalized spacial score (nSPS) is 13.5. The molecule has 2 unspecified atom stereocenters. The second-order valence-electron chi connectivity index (χ2n) is 17.5. The molecule has 0 spiro atoms. The molecule has 0 amide bonds. The Hall–Kier alpha value is -3.94. The topological polar surface area (TPSA) is 99.5 Å². The fraction of sp³-hybridized carbons (Fsp3) is 0.472. The average Bonchev–Trinajstić information content (AvgIpc) is 3.54. The van der Waals surface area contributed by atoms with Crippen molar-refractivity contribution in [3.63, 3.8) is 0 Å². The zero-order valence-electron chi connectivity index (χ0n) is 40.1. The maximum absolute atomic E-state index is 5.85. The molecular weight excluding hydrogens is 801 g/mol. The molecule has 4 rings (SSSR count). The van der Waals surface area contributed by atoms with Gasteiger partial charge in [-0.05, 0) is 120 Å². The van der Waals surface area contributed by atoms with E-state index in [-0.39, 0.29) is 17.5 Å². The van der Waals surface area contributed by atoms with Gasteiger partial charge < -0.3 is 43.8 Å². The first-order valence-electron chi connectivity index (χ1n) is 22.5. The van der Waals surface area contributed by atoms with E-state index in [0.717, 1.165) is 76.3 Å². The summed E-state index contributed by atoms with van der Waals surface area (Å²) in [6, 6.07) is 14.2. The van der Waals surface area contributed by atoms with Gasteiger partial charge in [-0.1, -0.05) is 102 Å². The summed E-state index contributed by atoms with van der Waals surface area (Å²) in [5.41, 5.74) is 24.4. The summed E-state index contributed by atoms with van der Waals surface area (Å²) in [6.45, 7) is 42.7. The van der Waals surface area contributed by atoms with E-state index in [1.807, 2.05) is 18.0 Å². The van der Waals surface area contributed by atoms with E-state index in [1.165, 1.54) is 62.1 Å². The molecule has 0 radical (unpaired) electrons. The Bertz CT molecular complexity index is 1960. The second kappa shape index (κ2) is 27.3. The van der Waals surface area contributed by atoms with E-state index in [1.54, 1.807) is 6.20 Å². The zero-order chi connectivity index (χ0) is 46.6. The molecule has 7 N–H and O–H groups in total. The molecule has 8 nitrogen and oxygen atoms in total. The number of rotatable bonds is 24. The molecular formula is C53H83CrN8-. The Morgan fingerprint density at radius 3 is 2.32 bits per heavy atom. The van der Waals surface area contributed by atoms with Crippen LogP contribution in [0.15, 0.2) is 104 Å². The van der Waals surface area contributed by atoms with Crippen LogP contribution in [-0.2, 0) is 35.2 Å². The van der Waals surface area contributed by atoms with Crippen LogP contribution in [-0.4, -0.2) is 85.2 Å². The third-order valence-corrected chi connectivity index (χ3v) is 11.3. The number of hydrogen-bond donors (Lipinski definition) is 5. The molecule has 2 atom stereocenters. The van der Waals surface area contributed by atoms with Crippen molar-refractivity contribution in [2.45, 2.75) is 99.2 Å². The van der Waals surface area contributed by atoms with Crippen LogP contribution in [0.5, 0.6) is 0 Å². The van der Waals surface area contributed by atoms with Gasteiger partial charge in [-0.25, -0.2) is 0 Å². The van der Waals surface area contributed by atoms with Crippen LogP contribution < -0.4 is 27.4 Å². The molecule has 2 aromatic carbocycles. The maximum atomic E-state index is 5.85. The number of nitrogens with zero attached hydrogens (tertiary/aromatic N) is 3. The first-order chi connectivity index (χ1) is 29.6. The minimum absolute atomic E-state index is 0.0289. The Morgan fingerprint density at radius 1 is 1.05 bits per heavy atom. The number of dihydropyridines is 1. The number of hydrogen-bond acceptors (Lipinski definition) is 7. The molecule has 0 bridgehead atoms. The van der Waals surface area contributed by atoms with Gasteiger partial charge in [-0.2, -0.15) is 5.41 Å². The van der Waals surface area contributed by atoms with Crippen LogP contribution in [0, 0.1) is 25.2 Å². The Balaban J connectivity index is 0.00000133. The van der Waals surface area contributed by atoms with Gasteiger partial charge in [0.15, 0.2) is 0 Å². The SMILES string of the molecule is C=CC(Cc1cc(C)cc(-c2ccc3c(c2)c(CC([CH2-])(C)C)c(C2=C(CC)NCC=C2)n3CC)c1)NC(=C)C(C(C)C)N(C)CCN(C=C)C(=C)CN.CNCCCCN.[CH2]=[Cr]. The molecule has 9 heteroatoms. The molecule has 2 heterocycles. The molecule has 0 fully saturated rings. The quantitative estimate of drug-likeness (QED) is 0.0348. The molecule has 3 aromatic rings. The Labute approximate surface area is 386 Å². The standard InChI is InChI=1S/C47H67N6.C5H14N2.CH2.Cr/c1-14-39(50-35(9)45(32(5)6)51(13)23-24-52(16-3)34(8)31-48)28-36-25-33(7)26-38(27-36)37-20-21-44-41(29-37)42(30-47(10,11)12)46(53(44)17-4)40-19-18-22-49-43(40)15-2;1-7-5-3-2-4-6;;/h14,16,18-21,25-27,29,32,39,45,49-50H,1,3,8-10,15,17,22-24,28,30-31,48H2,2,4-7,11-13H3;7H,2-6H2,1H3;1H2;/q-1;;;. The third-order valence-electron chi connectivity index (χ3n) is 11.3. The fourth-order valence-corrected chi connectivity index (χ4v) is 8.43. The van der Waals surface area contributed by atoms with E-state index in [4.69, 9.17) is 11.5 Å². The van der Waals surface area contributed by atoms with Gasteiger partial charge in [0.2, 0.25) is 0 Å². The van der Waals surface area contributed by atoms with Gasteiger partial charge in [-0.15, -0.1) is 6.58 Å². The number of unbranched alkanes of at least 4 members (excludes halogenated alkanes) is 1. The molecule has 0 aliphatic carbocycles. The first-order valence-corrected chi connectivity index (χ1v) is 23.4. The van der Waals surface area contributed by atoms with Gasteiger partial charge >= 0.3 is 21.2 Å². The fourth-order valence-electron chi connectivity index (χ4n) is 8.43. The summed E-state index contributed by atoms with van der Waals surface area (Å²) in [5.74, 6) is 0.359. The summed E-state index contributed by atoms with van der Waals surface area (Å²) in [4.78, 5) is 4.37. The van der Waals surface area contributed by atoms with Crippen molar-refractivity contribution in [1.29, 1.82) is 0 Å². The van der Waals surface area contributed by atoms with E-state index in [2.05, 4.69) is 184 Å². The zero-order valence-corrected chi connectivity index (χ0v) is 41.4. The first kappa shape index (κ1) is 54.2. The molecule has 0 saturated carbocycles. The number of aryl methyl sites for hydroxylation is 2. The van der Waals surface area contributed by atoms with E-state index >= 15 is 0 Å². The number of nitrogens with one attached hydrogen (secondary N) is 3. The predicted molar refractivity (Wildman–Crippen MR) is 271 cm³/mol. The average molecular weight is 884 g/mol. The molecule has 1 aromatic heterocycles. The van der Waals surface area contributed by atoms with Crippen LogP contribution in [0.1, 0.15) is 83.2 Å². The summed E-state index contributed by atoms with van der Waals surface area (Å²) in [7, 11) is 4.11. The number of allylic oxidation sites excluding steroid dienone is 3. The van der Waals surface area contributed by atoms with Crippen molar-refractivity contribution in [1.82, 2.24) is 30.3 Å². The van der Waals surface area contributed by atoms with Crippen LogP contribution in [0.4, 0.5) is 0 Å². The van der Waals surface area contributed by atoms with Crippen LogP contribution >= 0.6 is 0 Å².